The summed E-state index contributed by atoms with van der Waals surface area (Å²) < 4.78 is 3.02. The van der Waals surface area contributed by atoms with Crippen molar-refractivity contribution in [1.29, 1.82) is 0 Å². The van der Waals surface area contributed by atoms with Crippen LogP contribution in [0.25, 0.3) is 11.3 Å². The van der Waals surface area contributed by atoms with Crippen LogP contribution in [0.2, 0.25) is 0 Å². The Kier molecular flexibility index (Phi) is 6.25. The molecule has 0 aliphatic heterocycles. The third-order valence-electron chi connectivity index (χ3n) is 4.23. The summed E-state index contributed by atoms with van der Waals surface area (Å²) in [4.78, 5) is 7.38. The van der Waals surface area contributed by atoms with Gasteiger partial charge in [0.05, 0.1) is 5.69 Å². The summed E-state index contributed by atoms with van der Waals surface area (Å²) in [5.41, 5.74) is 2.42. The average Bonchev–Trinajstić information content (AvgIpc) is 2.94. The van der Waals surface area contributed by atoms with Crippen LogP contribution in [-0.2, 0) is 13.5 Å². The SMILES string of the molecule is CC(C)N(CCc1sc(=S)n(C)c1-c1ccccc1)Oc1ccccc1. The van der Waals surface area contributed by atoms with E-state index in [1.165, 1.54) is 16.1 Å². The van der Waals surface area contributed by atoms with Crippen molar-refractivity contribution in [2.45, 2.75) is 26.3 Å². The molecule has 1 heterocycles. The molecule has 0 N–H and O–H groups in total. The third kappa shape index (κ3) is 4.41. The number of hydroxylamine groups is 2. The number of hydrogen-bond acceptors (Lipinski definition) is 4. The third-order valence-corrected chi connectivity index (χ3v) is 5.85. The molecule has 3 rings (SSSR count). The van der Waals surface area contributed by atoms with Crippen molar-refractivity contribution in [1.82, 2.24) is 9.63 Å². The number of nitrogens with zero attached hydrogens (tertiary/aromatic N) is 2. The van der Waals surface area contributed by atoms with E-state index in [0.29, 0.717) is 0 Å². The Balaban J connectivity index is 1.80. The highest BCUT2D eigenvalue weighted by Crippen LogP contribution is 2.29. The van der Waals surface area contributed by atoms with Crippen molar-refractivity contribution in [2.24, 2.45) is 7.05 Å². The van der Waals surface area contributed by atoms with Gasteiger partial charge in [-0.1, -0.05) is 48.5 Å². The summed E-state index contributed by atoms with van der Waals surface area (Å²) in [6.45, 7) is 5.10. The molecule has 0 saturated carbocycles. The molecule has 2 aromatic carbocycles. The zero-order chi connectivity index (χ0) is 18.5. The van der Waals surface area contributed by atoms with Crippen molar-refractivity contribution in [3.05, 3.63) is 69.5 Å². The molecule has 0 saturated heterocycles. The van der Waals surface area contributed by atoms with Crippen molar-refractivity contribution >= 4 is 23.6 Å². The van der Waals surface area contributed by atoms with E-state index in [4.69, 9.17) is 17.1 Å². The minimum atomic E-state index is 0.284. The molecular weight excluding hydrogens is 360 g/mol. The first-order chi connectivity index (χ1) is 12.6. The largest absolute Gasteiger partial charge is 0.406 e. The van der Waals surface area contributed by atoms with Crippen LogP contribution in [0.3, 0.4) is 0 Å². The lowest BCUT2D eigenvalue weighted by molar-refractivity contribution is -0.0839. The number of benzene rings is 2. The van der Waals surface area contributed by atoms with Crippen LogP contribution in [0.1, 0.15) is 18.7 Å². The van der Waals surface area contributed by atoms with Crippen LogP contribution in [-0.4, -0.2) is 22.2 Å². The Bertz CT molecular complexity index is 885. The van der Waals surface area contributed by atoms with Crippen LogP contribution in [0.15, 0.2) is 60.7 Å². The average molecular weight is 385 g/mol. The number of rotatable bonds is 7. The monoisotopic (exact) mass is 384 g/mol. The van der Waals surface area contributed by atoms with Crippen LogP contribution >= 0.6 is 23.6 Å². The van der Waals surface area contributed by atoms with Crippen LogP contribution in [0.5, 0.6) is 5.75 Å². The molecule has 26 heavy (non-hydrogen) atoms. The van der Waals surface area contributed by atoms with E-state index in [2.05, 4.69) is 42.7 Å². The molecule has 0 aliphatic carbocycles. The van der Waals surface area contributed by atoms with E-state index in [1.54, 1.807) is 11.3 Å². The maximum absolute atomic E-state index is 6.09. The number of para-hydroxylation sites is 1. The van der Waals surface area contributed by atoms with Crippen molar-refractivity contribution < 1.29 is 4.84 Å². The van der Waals surface area contributed by atoms with E-state index in [0.717, 1.165) is 22.7 Å². The second kappa shape index (κ2) is 8.62. The summed E-state index contributed by atoms with van der Waals surface area (Å²) in [6, 6.07) is 20.7. The van der Waals surface area contributed by atoms with E-state index >= 15 is 0 Å². The molecule has 0 aliphatic rings. The number of aromatic nitrogens is 1. The molecule has 3 nitrogen and oxygen atoms in total. The molecule has 0 bridgehead atoms. The maximum Gasteiger partial charge on any atom is 0.161 e. The lowest BCUT2D eigenvalue weighted by Gasteiger charge is -2.26. The van der Waals surface area contributed by atoms with Gasteiger partial charge in [-0.2, -0.15) is 0 Å². The zero-order valence-corrected chi connectivity index (χ0v) is 17.0. The Labute approximate surface area is 164 Å². The predicted octanol–water partition coefficient (Wildman–Crippen LogP) is 5.73. The Hall–Kier alpha value is -1.95. The predicted molar refractivity (Wildman–Crippen MR) is 112 cm³/mol. The fraction of sp³-hybridized carbons (Fsp3) is 0.286. The summed E-state index contributed by atoms with van der Waals surface area (Å²) >= 11 is 7.23. The van der Waals surface area contributed by atoms with Crippen LogP contribution < -0.4 is 4.84 Å². The van der Waals surface area contributed by atoms with Crippen LogP contribution in [0, 0.1) is 3.95 Å². The highest BCUT2D eigenvalue weighted by Gasteiger charge is 2.17. The lowest BCUT2D eigenvalue weighted by Crippen LogP contribution is -2.35. The minimum Gasteiger partial charge on any atom is -0.406 e. The number of hydrogen-bond donors (Lipinski definition) is 0. The Morgan fingerprint density at radius 2 is 1.65 bits per heavy atom. The minimum absolute atomic E-state index is 0.284. The van der Waals surface area contributed by atoms with Gasteiger partial charge in [-0.3, -0.25) is 0 Å². The fourth-order valence-corrected chi connectivity index (χ4v) is 4.24. The highest BCUT2D eigenvalue weighted by molar-refractivity contribution is 7.73. The smallest absolute Gasteiger partial charge is 0.161 e. The lowest BCUT2D eigenvalue weighted by atomic mass is 10.1. The van der Waals surface area contributed by atoms with Crippen LogP contribution in [0.4, 0.5) is 0 Å². The van der Waals surface area contributed by atoms with Gasteiger partial charge in [0, 0.05) is 24.5 Å². The molecule has 0 fully saturated rings. The van der Waals surface area contributed by atoms with Crippen molar-refractivity contribution in [2.75, 3.05) is 6.54 Å². The van der Waals surface area contributed by atoms with Gasteiger partial charge in [0.15, 0.2) is 3.95 Å². The van der Waals surface area contributed by atoms with Gasteiger partial charge < -0.3 is 9.40 Å². The molecule has 5 heteroatoms. The first-order valence-corrected chi connectivity index (χ1v) is 10.0. The quantitative estimate of drug-likeness (QED) is 0.382. The van der Waals surface area contributed by atoms with Gasteiger partial charge in [-0.05, 0) is 50.2 Å². The highest BCUT2D eigenvalue weighted by atomic mass is 32.1. The molecule has 0 amide bonds. The number of thiazole rings is 1. The molecule has 136 valence electrons. The summed E-state index contributed by atoms with van der Waals surface area (Å²) in [5.74, 6) is 0.866. The standard InChI is InChI=1S/C21H24N2OS2/c1-16(2)23(24-18-12-8-5-9-13-18)15-14-19-20(22(3)21(25)26-19)17-10-6-4-7-11-17/h4-13,16H,14-15H2,1-3H3. The molecule has 0 atom stereocenters. The summed E-state index contributed by atoms with van der Waals surface area (Å²) in [5, 5.41) is 2.03. The fourth-order valence-electron chi connectivity index (χ4n) is 2.86. The maximum atomic E-state index is 6.09. The van der Waals surface area contributed by atoms with Gasteiger partial charge in [0.25, 0.3) is 0 Å². The van der Waals surface area contributed by atoms with Crippen molar-refractivity contribution in [3.63, 3.8) is 0 Å². The first-order valence-electron chi connectivity index (χ1n) is 8.80. The normalized spacial score (nSPS) is 11.3. The second-order valence-electron chi connectivity index (χ2n) is 6.45. The Morgan fingerprint density at radius 1 is 1.04 bits per heavy atom. The van der Waals surface area contributed by atoms with Gasteiger partial charge in [-0.25, -0.2) is 0 Å². The molecule has 0 unspecified atom stereocenters. The summed E-state index contributed by atoms with van der Waals surface area (Å²) in [6.07, 6.45) is 0.893. The molecule has 1 aromatic heterocycles. The summed E-state index contributed by atoms with van der Waals surface area (Å²) in [7, 11) is 2.05. The Morgan fingerprint density at radius 3 is 2.27 bits per heavy atom. The van der Waals surface area contributed by atoms with Gasteiger partial charge in [0.1, 0.15) is 5.75 Å². The van der Waals surface area contributed by atoms with E-state index in [-0.39, 0.29) is 6.04 Å². The molecular formula is C21H24N2OS2. The van der Waals surface area contributed by atoms with Gasteiger partial charge in [0.2, 0.25) is 0 Å². The molecule has 3 aromatic rings. The molecule has 0 radical (unpaired) electrons. The second-order valence-corrected chi connectivity index (χ2v) is 8.18. The van der Waals surface area contributed by atoms with Crippen molar-refractivity contribution in [3.8, 4) is 17.0 Å². The first kappa shape index (κ1) is 18.8. The van der Waals surface area contributed by atoms with E-state index in [9.17, 15) is 0 Å². The molecule has 0 spiro atoms. The topological polar surface area (TPSA) is 17.4 Å². The van der Waals surface area contributed by atoms with E-state index < -0.39 is 0 Å². The zero-order valence-electron chi connectivity index (χ0n) is 15.4. The van der Waals surface area contributed by atoms with E-state index in [1.807, 2.05) is 48.5 Å². The van der Waals surface area contributed by atoms with Gasteiger partial charge in [-0.15, -0.1) is 16.4 Å². The van der Waals surface area contributed by atoms with Gasteiger partial charge >= 0.3 is 0 Å².